The molecule has 0 spiro atoms. The number of hydrogen-bond donors (Lipinski definition) is 2. The fourth-order valence-corrected chi connectivity index (χ4v) is 4.91. The lowest BCUT2D eigenvalue weighted by Gasteiger charge is -2.12. The molecule has 2 heterocycles. The highest BCUT2D eigenvalue weighted by Crippen LogP contribution is 2.34. The van der Waals surface area contributed by atoms with Crippen LogP contribution in [0.4, 0.5) is 20.6 Å². The van der Waals surface area contributed by atoms with E-state index in [0.717, 1.165) is 33.6 Å². The van der Waals surface area contributed by atoms with Gasteiger partial charge in [0.25, 0.3) is 11.1 Å². The van der Waals surface area contributed by atoms with Gasteiger partial charge < -0.3 is 15.2 Å². The maximum Gasteiger partial charge on any atom is 0.294 e. The molecule has 3 aromatic carbocycles. The summed E-state index contributed by atoms with van der Waals surface area (Å²) in [4.78, 5) is 51.6. The number of fused-ring (bicyclic) bond motifs is 1. The minimum absolute atomic E-state index is 0.0466. The lowest BCUT2D eigenvalue weighted by atomic mass is 10.1. The van der Waals surface area contributed by atoms with E-state index in [0.29, 0.717) is 11.3 Å². The number of anilines is 2. The average molecular weight is 529 g/mol. The van der Waals surface area contributed by atoms with Gasteiger partial charge in [0.15, 0.2) is 0 Å². The second-order valence-electron chi connectivity index (χ2n) is 8.47. The molecule has 1 aliphatic rings. The highest BCUT2D eigenvalue weighted by Gasteiger charge is 2.36. The van der Waals surface area contributed by atoms with Crippen LogP contribution in [0, 0.1) is 5.82 Å². The summed E-state index contributed by atoms with van der Waals surface area (Å²) in [6.07, 6.45) is 3.34. The molecule has 10 heteroatoms. The van der Waals surface area contributed by atoms with Crippen LogP contribution in [0.25, 0.3) is 17.0 Å². The summed E-state index contributed by atoms with van der Waals surface area (Å²) in [6, 6.07) is 21.9. The van der Waals surface area contributed by atoms with Gasteiger partial charge in [0.2, 0.25) is 11.8 Å². The highest BCUT2D eigenvalue weighted by atomic mass is 32.2. The number of thioether (sulfide) groups is 1. The van der Waals surface area contributed by atoms with E-state index in [2.05, 4.69) is 10.6 Å². The van der Waals surface area contributed by atoms with Crippen molar-refractivity contribution >= 4 is 63.1 Å². The fourth-order valence-electron chi connectivity index (χ4n) is 4.09. The zero-order valence-corrected chi connectivity index (χ0v) is 20.7. The second kappa shape index (κ2) is 10.7. The van der Waals surface area contributed by atoms with Gasteiger partial charge in [-0.3, -0.25) is 24.1 Å². The number of nitrogens with zero attached hydrogens (tertiary/aromatic N) is 2. The average Bonchev–Trinajstić information content (AvgIpc) is 3.36. The summed E-state index contributed by atoms with van der Waals surface area (Å²) >= 11 is 0.731. The van der Waals surface area contributed by atoms with Crippen LogP contribution in [0.5, 0.6) is 0 Å². The number of para-hydroxylation sites is 2. The van der Waals surface area contributed by atoms with Crippen LogP contribution in [0.3, 0.4) is 0 Å². The Morgan fingerprint density at radius 1 is 0.842 bits per heavy atom. The van der Waals surface area contributed by atoms with Crippen molar-refractivity contribution in [2.45, 2.75) is 6.54 Å². The minimum Gasteiger partial charge on any atom is -0.337 e. The van der Waals surface area contributed by atoms with Gasteiger partial charge in [0, 0.05) is 34.0 Å². The van der Waals surface area contributed by atoms with Crippen LogP contribution in [0.15, 0.2) is 90.0 Å². The summed E-state index contributed by atoms with van der Waals surface area (Å²) in [7, 11) is 0. The number of carbonyl (C=O) groups is 4. The first-order valence-electron chi connectivity index (χ1n) is 11.6. The third kappa shape index (κ3) is 5.50. The Morgan fingerprint density at radius 3 is 2.32 bits per heavy atom. The van der Waals surface area contributed by atoms with Gasteiger partial charge in [0.1, 0.15) is 18.9 Å². The van der Waals surface area contributed by atoms with Gasteiger partial charge >= 0.3 is 0 Å². The number of benzene rings is 3. The van der Waals surface area contributed by atoms with E-state index < -0.39 is 29.4 Å². The number of rotatable bonds is 7. The molecule has 1 fully saturated rings. The van der Waals surface area contributed by atoms with Gasteiger partial charge in [-0.05, 0) is 54.2 Å². The van der Waals surface area contributed by atoms with E-state index in [1.165, 1.54) is 18.2 Å². The molecule has 4 aromatic rings. The first-order valence-corrected chi connectivity index (χ1v) is 12.4. The monoisotopic (exact) mass is 528 g/mol. The van der Waals surface area contributed by atoms with Crippen molar-refractivity contribution in [1.82, 2.24) is 9.47 Å². The van der Waals surface area contributed by atoms with E-state index in [-0.39, 0.29) is 23.0 Å². The fraction of sp³-hybridized carbons (Fsp3) is 0.0714. The van der Waals surface area contributed by atoms with Crippen molar-refractivity contribution < 1.29 is 23.6 Å². The SMILES string of the molecule is O=C(CN1C(=O)S/C(=C/c2cn(CC(=O)Nc3ccccc3)c3ccccc23)C1=O)Nc1cccc(F)c1. The summed E-state index contributed by atoms with van der Waals surface area (Å²) in [6.45, 7) is -0.453. The lowest BCUT2D eigenvalue weighted by Crippen LogP contribution is -2.36. The number of hydrogen-bond acceptors (Lipinski definition) is 5. The van der Waals surface area contributed by atoms with Crippen molar-refractivity contribution in [3.8, 4) is 0 Å². The predicted molar refractivity (Wildman–Crippen MR) is 145 cm³/mol. The van der Waals surface area contributed by atoms with Crippen LogP contribution in [-0.4, -0.2) is 39.0 Å². The molecular weight excluding hydrogens is 507 g/mol. The Labute approximate surface area is 221 Å². The topological polar surface area (TPSA) is 101 Å². The third-order valence-corrected chi connectivity index (χ3v) is 6.67. The first-order chi connectivity index (χ1) is 18.4. The van der Waals surface area contributed by atoms with Gasteiger partial charge in [-0.1, -0.05) is 42.5 Å². The first kappa shape index (κ1) is 25.0. The Kier molecular flexibility index (Phi) is 7.05. The number of aromatic nitrogens is 1. The summed E-state index contributed by atoms with van der Waals surface area (Å²) in [5.41, 5.74) is 2.35. The van der Waals surface area contributed by atoms with Crippen molar-refractivity contribution in [2.24, 2.45) is 0 Å². The molecule has 0 bridgehead atoms. The molecule has 1 saturated heterocycles. The van der Waals surface area contributed by atoms with Gasteiger partial charge in [-0.15, -0.1) is 0 Å². The van der Waals surface area contributed by atoms with E-state index >= 15 is 0 Å². The van der Waals surface area contributed by atoms with Crippen LogP contribution in [0.2, 0.25) is 0 Å². The summed E-state index contributed by atoms with van der Waals surface area (Å²) < 4.78 is 15.2. The van der Waals surface area contributed by atoms with Crippen LogP contribution in [0.1, 0.15) is 5.56 Å². The maximum atomic E-state index is 13.4. The molecule has 0 atom stereocenters. The maximum absolute atomic E-state index is 13.4. The molecule has 2 N–H and O–H groups in total. The van der Waals surface area contributed by atoms with E-state index in [4.69, 9.17) is 0 Å². The number of nitrogens with one attached hydrogen (secondary N) is 2. The molecule has 5 rings (SSSR count). The zero-order valence-electron chi connectivity index (χ0n) is 19.9. The van der Waals surface area contributed by atoms with Crippen molar-refractivity contribution in [1.29, 1.82) is 0 Å². The standard InChI is InChI=1S/C28H21FN4O4S/c29-19-7-6-10-21(14-19)31-26(35)17-33-27(36)24(38-28(33)37)13-18-15-32(23-12-5-4-11-22(18)23)16-25(34)30-20-8-2-1-3-9-20/h1-15H,16-17H2,(H,30,34)(H,31,35)/b24-13+. The Morgan fingerprint density at radius 2 is 1.53 bits per heavy atom. The number of carbonyl (C=O) groups excluding carboxylic acids is 4. The van der Waals surface area contributed by atoms with Gasteiger partial charge in [-0.25, -0.2) is 4.39 Å². The van der Waals surface area contributed by atoms with Crippen LogP contribution >= 0.6 is 11.8 Å². The zero-order chi connectivity index (χ0) is 26.6. The molecule has 1 aliphatic heterocycles. The number of imide groups is 1. The second-order valence-corrected chi connectivity index (χ2v) is 9.46. The normalized spacial score (nSPS) is 14.3. The Balaban J connectivity index is 1.33. The Bertz CT molecular complexity index is 1600. The van der Waals surface area contributed by atoms with Gasteiger partial charge in [0.05, 0.1) is 4.91 Å². The van der Waals surface area contributed by atoms with Crippen molar-refractivity contribution in [3.63, 3.8) is 0 Å². The van der Waals surface area contributed by atoms with Crippen molar-refractivity contribution in [2.75, 3.05) is 17.2 Å². The van der Waals surface area contributed by atoms with E-state index in [1.807, 2.05) is 42.5 Å². The molecule has 190 valence electrons. The van der Waals surface area contributed by atoms with Crippen LogP contribution in [-0.2, 0) is 20.9 Å². The third-order valence-electron chi connectivity index (χ3n) is 5.76. The van der Waals surface area contributed by atoms with E-state index in [1.54, 1.807) is 29.0 Å². The van der Waals surface area contributed by atoms with Crippen molar-refractivity contribution in [3.05, 3.63) is 101 Å². The van der Waals surface area contributed by atoms with Crippen LogP contribution < -0.4 is 10.6 Å². The largest absolute Gasteiger partial charge is 0.337 e. The number of amides is 4. The quantitative estimate of drug-likeness (QED) is 0.325. The molecule has 0 aliphatic carbocycles. The number of halogens is 1. The summed E-state index contributed by atoms with van der Waals surface area (Å²) in [5, 5.41) is 5.55. The molecule has 0 radical (unpaired) electrons. The molecule has 0 saturated carbocycles. The predicted octanol–water partition coefficient (Wildman–Crippen LogP) is 5.09. The molecule has 1 aromatic heterocycles. The lowest BCUT2D eigenvalue weighted by molar-refractivity contribution is -0.127. The Hall–Kier alpha value is -4.70. The molecule has 38 heavy (non-hydrogen) atoms. The smallest absolute Gasteiger partial charge is 0.294 e. The van der Waals surface area contributed by atoms with E-state index in [9.17, 15) is 23.6 Å². The summed E-state index contributed by atoms with van der Waals surface area (Å²) in [5.74, 6) is -1.96. The molecular formula is C28H21FN4O4S. The highest BCUT2D eigenvalue weighted by molar-refractivity contribution is 8.18. The molecule has 4 amide bonds. The molecule has 0 unspecified atom stereocenters. The molecule has 8 nitrogen and oxygen atoms in total. The van der Waals surface area contributed by atoms with Gasteiger partial charge in [-0.2, -0.15) is 0 Å². The minimum atomic E-state index is -0.625.